The van der Waals surface area contributed by atoms with E-state index in [9.17, 15) is 9.90 Å². The zero-order valence-electron chi connectivity index (χ0n) is 12.7. The normalized spacial score (nSPS) is 26.3. The van der Waals surface area contributed by atoms with Crippen molar-refractivity contribution in [1.82, 2.24) is 5.32 Å². The van der Waals surface area contributed by atoms with Crippen molar-refractivity contribution in [2.45, 2.75) is 52.0 Å². The summed E-state index contributed by atoms with van der Waals surface area (Å²) in [6, 6.07) is 5.74. The van der Waals surface area contributed by atoms with Gasteiger partial charge in [0, 0.05) is 5.56 Å². The second-order valence-electron chi connectivity index (χ2n) is 6.37. The average Bonchev–Trinajstić information content (AvgIpc) is 2.44. The van der Waals surface area contributed by atoms with Crippen molar-refractivity contribution in [2.75, 3.05) is 6.61 Å². The summed E-state index contributed by atoms with van der Waals surface area (Å²) in [5.74, 6) is 0.616. The lowest BCUT2D eigenvalue weighted by molar-refractivity contribution is 0.0717. The Hall–Kier alpha value is -1.35. The van der Waals surface area contributed by atoms with E-state index in [0.29, 0.717) is 11.5 Å². The summed E-state index contributed by atoms with van der Waals surface area (Å²) in [5, 5.41) is 12.8. The van der Waals surface area contributed by atoms with Crippen LogP contribution in [0, 0.1) is 19.8 Å². The maximum atomic E-state index is 12.4. The molecule has 1 saturated carbocycles. The first-order valence-electron chi connectivity index (χ1n) is 7.46. The van der Waals surface area contributed by atoms with Gasteiger partial charge in [-0.25, -0.2) is 0 Å². The number of hydrogen-bond donors (Lipinski definition) is 2. The Kier molecular flexibility index (Phi) is 4.48. The molecule has 1 aromatic rings. The topological polar surface area (TPSA) is 49.3 Å². The number of rotatable bonds is 3. The number of aryl methyl sites for hydroxylation is 2. The van der Waals surface area contributed by atoms with Gasteiger partial charge in [-0.1, -0.05) is 13.0 Å². The summed E-state index contributed by atoms with van der Waals surface area (Å²) in [5.41, 5.74) is 2.56. The third kappa shape index (κ3) is 3.21. The van der Waals surface area contributed by atoms with Gasteiger partial charge in [-0.2, -0.15) is 0 Å². The maximum absolute atomic E-state index is 12.4. The molecule has 2 rings (SSSR count). The molecule has 0 bridgehead atoms. The van der Waals surface area contributed by atoms with Crippen molar-refractivity contribution in [3.05, 3.63) is 34.9 Å². The largest absolute Gasteiger partial charge is 0.394 e. The van der Waals surface area contributed by atoms with Gasteiger partial charge in [-0.3, -0.25) is 4.79 Å². The van der Waals surface area contributed by atoms with Gasteiger partial charge in [0.1, 0.15) is 0 Å². The zero-order chi connectivity index (χ0) is 14.8. The quantitative estimate of drug-likeness (QED) is 0.891. The minimum absolute atomic E-state index is 0.0241. The van der Waals surface area contributed by atoms with E-state index in [1.54, 1.807) is 0 Å². The van der Waals surface area contributed by atoms with E-state index in [2.05, 4.69) is 12.2 Å². The van der Waals surface area contributed by atoms with E-state index in [0.717, 1.165) is 31.2 Å². The third-order valence-electron chi connectivity index (χ3n) is 4.68. The highest BCUT2D eigenvalue weighted by molar-refractivity contribution is 5.95. The van der Waals surface area contributed by atoms with Crippen molar-refractivity contribution in [2.24, 2.45) is 5.92 Å². The van der Waals surface area contributed by atoms with Gasteiger partial charge >= 0.3 is 0 Å². The van der Waals surface area contributed by atoms with Crippen LogP contribution in [0.1, 0.15) is 54.1 Å². The lowest BCUT2D eigenvalue weighted by Crippen LogP contribution is -2.53. The summed E-state index contributed by atoms with van der Waals surface area (Å²) in [6.07, 6.45) is 3.85. The van der Waals surface area contributed by atoms with Crippen LogP contribution in [-0.2, 0) is 0 Å². The Morgan fingerprint density at radius 3 is 2.50 bits per heavy atom. The van der Waals surface area contributed by atoms with Crippen molar-refractivity contribution in [3.8, 4) is 0 Å². The van der Waals surface area contributed by atoms with E-state index >= 15 is 0 Å². The summed E-state index contributed by atoms with van der Waals surface area (Å²) in [4.78, 5) is 12.4. The number of amides is 1. The fourth-order valence-corrected chi connectivity index (χ4v) is 2.83. The Labute approximate surface area is 121 Å². The molecule has 1 fully saturated rings. The molecule has 0 heterocycles. The molecular formula is C17H25NO2. The number of carbonyl (C=O) groups is 1. The second-order valence-corrected chi connectivity index (χ2v) is 6.37. The molecular weight excluding hydrogens is 250 g/mol. The molecule has 20 heavy (non-hydrogen) atoms. The van der Waals surface area contributed by atoms with E-state index < -0.39 is 5.54 Å². The van der Waals surface area contributed by atoms with Crippen LogP contribution in [0.5, 0.6) is 0 Å². The highest BCUT2D eigenvalue weighted by atomic mass is 16.3. The van der Waals surface area contributed by atoms with Crippen LogP contribution in [0.15, 0.2) is 18.2 Å². The van der Waals surface area contributed by atoms with Gasteiger partial charge in [-0.05, 0) is 68.7 Å². The SMILES string of the molecule is Cc1ccc(C(=O)NC2(CO)CCC(C)CC2)cc1C. The summed E-state index contributed by atoms with van der Waals surface area (Å²) in [7, 11) is 0. The summed E-state index contributed by atoms with van der Waals surface area (Å²) >= 11 is 0. The first-order chi connectivity index (χ1) is 9.46. The van der Waals surface area contributed by atoms with E-state index in [1.165, 1.54) is 5.56 Å². The number of aliphatic hydroxyl groups excluding tert-OH is 1. The highest BCUT2D eigenvalue weighted by Gasteiger charge is 2.35. The molecule has 1 aliphatic carbocycles. The van der Waals surface area contributed by atoms with Crippen LogP contribution in [0.3, 0.4) is 0 Å². The van der Waals surface area contributed by atoms with Crippen molar-refractivity contribution in [1.29, 1.82) is 0 Å². The predicted molar refractivity (Wildman–Crippen MR) is 80.8 cm³/mol. The molecule has 1 amide bonds. The molecule has 2 N–H and O–H groups in total. The Morgan fingerprint density at radius 2 is 1.95 bits per heavy atom. The maximum Gasteiger partial charge on any atom is 0.251 e. The predicted octanol–water partition coefficient (Wildman–Crippen LogP) is 2.97. The molecule has 1 aliphatic rings. The number of benzene rings is 1. The minimum Gasteiger partial charge on any atom is -0.394 e. The summed E-state index contributed by atoms with van der Waals surface area (Å²) in [6.45, 7) is 6.30. The van der Waals surface area contributed by atoms with Gasteiger partial charge in [0.2, 0.25) is 0 Å². The van der Waals surface area contributed by atoms with Crippen molar-refractivity contribution in [3.63, 3.8) is 0 Å². The molecule has 0 saturated heterocycles. The first kappa shape index (κ1) is 15.0. The van der Waals surface area contributed by atoms with Gasteiger partial charge < -0.3 is 10.4 Å². The van der Waals surface area contributed by atoms with Crippen LogP contribution in [-0.4, -0.2) is 23.2 Å². The zero-order valence-corrected chi connectivity index (χ0v) is 12.7. The molecule has 0 spiro atoms. The van der Waals surface area contributed by atoms with Crippen LogP contribution >= 0.6 is 0 Å². The Morgan fingerprint density at radius 1 is 1.30 bits per heavy atom. The van der Waals surface area contributed by atoms with Crippen LogP contribution < -0.4 is 5.32 Å². The summed E-state index contributed by atoms with van der Waals surface area (Å²) < 4.78 is 0. The molecule has 0 aliphatic heterocycles. The lowest BCUT2D eigenvalue weighted by atomic mass is 9.77. The molecule has 0 radical (unpaired) electrons. The van der Waals surface area contributed by atoms with Gasteiger partial charge in [0.15, 0.2) is 0 Å². The monoisotopic (exact) mass is 275 g/mol. The van der Waals surface area contributed by atoms with Crippen LogP contribution in [0.25, 0.3) is 0 Å². The highest BCUT2D eigenvalue weighted by Crippen LogP contribution is 2.31. The van der Waals surface area contributed by atoms with Gasteiger partial charge in [-0.15, -0.1) is 0 Å². The van der Waals surface area contributed by atoms with E-state index in [1.807, 2.05) is 32.0 Å². The third-order valence-corrected chi connectivity index (χ3v) is 4.68. The average molecular weight is 275 g/mol. The van der Waals surface area contributed by atoms with Gasteiger partial charge in [0.25, 0.3) is 5.91 Å². The molecule has 3 nitrogen and oxygen atoms in total. The van der Waals surface area contributed by atoms with Crippen LogP contribution in [0.4, 0.5) is 0 Å². The lowest BCUT2D eigenvalue weighted by Gasteiger charge is -2.38. The second kappa shape index (κ2) is 5.96. The van der Waals surface area contributed by atoms with Crippen LogP contribution in [0.2, 0.25) is 0 Å². The number of nitrogens with one attached hydrogen (secondary N) is 1. The smallest absolute Gasteiger partial charge is 0.251 e. The first-order valence-corrected chi connectivity index (χ1v) is 7.46. The molecule has 0 atom stereocenters. The molecule has 110 valence electrons. The Balaban J connectivity index is 2.11. The number of aliphatic hydroxyl groups is 1. The van der Waals surface area contributed by atoms with Gasteiger partial charge in [0.05, 0.1) is 12.1 Å². The fourth-order valence-electron chi connectivity index (χ4n) is 2.83. The standard InChI is InChI=1S/C17H25NO2/c1-12-6-8-17(11-19,9-7-12)18-16(20)15-5-4-13(2)14(3)10-15/h4-5,10,12,19H,6-9,11H2,1-3H3,(H,18,20). The molecule has 1 aromatic carbocycles. The fraction of sp³-hybridized carbons (Fsp3) is 0.588. The number of carbonyl (C=O) groups excluding carboxylic acids is 1. The molecule has 0 aromatic heterocycles. The number of hydrogen-bond acceptors (Lipinski definition) is 2. The van der Waals surface area contributed by atoms with Crippen molar-refractivity contribution >= 4 is 5.91 Å². The van der Waals surface area contributed by atoms with E-state index in [4.69, 9.17) is 0 Å². The van der Waals surface area contributed by atoms with E-state index in [-0.39, 0.29) is 12.5 Å². The Bertz CT molecular complexity index is 488. The molecule has 3 heteroatoms. The molecule has 0 unspecified atom stereocenters. The minimum atomic E-state index is -0.428. The van der Waals surface area contributed by atoms with Crippen molar-refractivity contribution < 1.29 is 9.90 Å².